The Morgan fingerprint density at radius 1 is 1.12 bits per heavy atom. The lowest BCUT2D eigenvalue weighted by Crippen LogP contribution is -2.08. The number of nitrogens with zero attached hydrogens (tertiary/aromatic N) is 1. The molecule has 2 rings (SSSR count). The van der Waals surface area contributed by atoms with Gasteiger partial charge in [-0.1, -0.05) is 11.6 Å². The quantitative estimate of drug-likeness (QED) is 0.605. The summed E-state index contributed by atoms with van der Waals surface area (Å²) in [4.78, 5) is 16.1. The second-order valence-corrected chi connectivity index (χ2v) is 3.88. The molecule has 0 aliphatic rings. The van der Waals surface area contributed by atoms with Crippen LogP contribution in [0.2, 0.25) is 0 Å². The fourth-order valence-corrected chi connectivity index (χ4v) is 1.61. The largest absolute Gasteiger partial charge is 0.398 e. The Labute approximate surface area is 99.3 Å². The first-order valence-electron chi connectivity index (χ1n) is 5.20. The summed E-state index contributed by atoms with van der Waals surface area (Å²) in [6, 6.07) is 6.93. The van der Waals surface area contributed by atoms with Crippen molar-refractivity contribution in [2.45, 2.75) is 6.92 Å². The van der Waals surface area contributed by atoms with E-state index < -0.39 is 0 Å². The highest BCUT2D eigenvalue weighted by atomic mass is 16.1. The fraction of sp³-hybridized carbons (Fsp3) is 0.0769. The van der Waals surface area contributed by atoms with Crippen LogP contribution >= 0.6 is 0 Å². The summed E-state index contributed by atoms with van der Waals surface area (Å²) in [6.45, 7) is 1.91. The number of ketones is 1. The molecule has 0 saturated carbocycles. The summed E-state index contributed by atoms with van der Waals surface area (Å²) in [5, 5.41) is 0. The molecule has 4 heteroatoms. The standard InChI is InChI=1S/C13H13N3O/c1-8-2-3-11(14)9(6-8)13(17)10-7-16-5-4-12(10)15/h2-7H,14H2,1H3,(H2,15,16). The summed E-state index contributed by atoms with van der Waals surface area (Å²) in [6.07, 6.45) is 3.01. The molecular formula is C13H13N3O. The number of pyridine rings is 1. The van der Waals surface area contributed by atoms with Crippen molar-refractivity contribution in [2.75, 3.05) is 11.5 Å². The van der Waals surface area contributed by atoms with Crippen molar-refractivity contribution in [3.05, 3.63) is 53.3 Å². The summed E-state index contributed by atoms with van der Waals surface area (Å²) in [7, 11) is 0. The molecule has 0 aliphatic carbocycles. The number of hydrogen-bond donors (Lipinski definition) is 2. The molecule has 86 valence electrons. The number of benzene rings is 1. The molecule has 0 fully saturated rings. The summed E-state index contributed by atoms with van der Waals surface area (Å²) < 4.78 is 0. The minimum Gasteiger partial charge on any atom is -0.398 e. The molecular weight excluding hydrogens is 214 g/mol. The van der Waals surface area contributed by atoms with E-state index in [-0.39, 0.29) is 5.78 Å². The van der Waals surface area contributed by atoms with Crippen molar-refractivity contribution in [1.82, 2.24) is 4.98 Å². The first kappa shape index (κ1) is 11.1. The van der Waals surface area contributed by atoms with Gasteiger partial charge in [-0.05, 0) is 25.1 Å². The molecule has 0 saturated heterocycles. The van der Waals surface area contributed by atoms with Gasteiger partial charge in [0.05, 0.1) is 5.56 Å². The maximum absolute atomic E-state index is 12.2. The number of nitrogens with two attached hydrogens (primary N) is 2. The SMILES string of the molecule is Cc1ccc(N)c(C(=O)c2cnccc2N)c1. The van der Waals surface area contributed by atoms with E-state index in [9.17, 15) is 4.79 Å². The molecule has 0 radical (unpaired) electrons. The van der Waals surface area contributed by atoms with Crippen molar-refractivity contribution >= 4 is 17.2 Å². The highest BCUT2D eigenvalue weighted by Gasteiger charge is 2.15. The molecule has 1 heterocycles. The Morgan fingerprint density at radius 3 is 2.53 bits per heavy atom. The molecule has 0 amide bonds. The molecule has 17 heavy (non-hydrogen) atoms. The van der Waals surface area contributed by atoms with Gasteiger partial charge in [-0.25, -0.2) is 0 Å². The Morgan fingerprint density at radius 2 is 1.82 bits per heavy atom. The van der Waals surface area contributed by atoms with Gasteiger partial charge in [0, 0.05) is 29.3 Å². The number of aryl methyl sites for hydroxylation is 1. The van der Waals surface area contributed by atoms with E-state index in [2.05, 4.69) is 4.98 Å². The van der Waals surface area contributed by atoms with Gasteiger partial charge in [-0.2, -0.15) is 0 Å². The Balaban J connectivity index is 2.51. The van der Waals surface area contributed by atoms with Crippen LogP contribution in [0.5, 0.6) is 0 Å². The second-order valence-electron chi connectivity index (χ2n) is 3.88. The number of carbonyl (C=O) groups is 1. The van der Waals surface area contributed by atoms with E-state index in [0.717, 1.165) is 5.56 Å². The number of aromatic nitrogens is 1. The van der Waals surface area contributed by atoms with E-state index >= 15 is 0 Å². The normalized spacial score (nSPS) is 10.2. The number of hydrogen-bond acceptors (Lipinski definition) is 4. The molecule has 1 aromatic heterocycles. The summed E-state index contributed by atoms with van der Waals surface area (Å²) in [5.74, 6) is -0.197. The zero-order chi connectivity index (χ0) is 12.4. The molecule has 0 aliphatic heterocycles. The van der Waals surface area contributed by atoms with E-state index in [1.54, 1.807) is 24.4 Å². The first-order chi connectivity index (χ1) is 8.09. The molecule has 1 aromatic carbocycles. The maximum Gasteiger partial charge on any atom is 0.198 e. The highest BCUT2D eigenvalue weighted by molar-refractivity contribution is 6.14. The van der Waals surface area contributed by atoms with Gasteiger partial charge in [0.15, 0.2) is 5.78 Å². The van der Waals surface area contributed by atoms with Crippen LogP contribution < -0.4 is 11.5 Å². The Kier molecular flexibility index (Phi) is 2.78. The zero-order valence-electron chi connectivity index (χ0n) is 9.47. The Hall–Kier alpha value is -2.36. The minimum atomic E-state index is -0.197. The van der Waals surface area contributed by atoms with Crippen molar-refractivity contribution in [3.63, 3.8) is 0 Å². The van der Waals surface area contributed by atoms with Gasteiger partial charge in [0.2, 0.25) is 0 Å². The first-order valence-corrected chi connectivity index (χ1v) is 5.20. The monoisotopic (exact) mass is 227 g/mol. The average molecular weight is 227 g/mol. The number of carbonyl (C=O) groups excluding carboxylic acids is 1. The van der Waals surface area contributed by atoms with Gasteiger partial charge >= 0.3 is 0 Å². The number of anilines is 2. The van der Waals surface area contributed by atoms with Gasteiger partial charge in [0.25, 0.3) is 0 Å². The minimum absolute atomic E-state index is 0.197. The van der Waals surface area contributed by atoms with Crippen molar-refractivity contribution in [1.29, 1.82) is 0 Å². The topological polar surface area (TPSA) is 82.0 Å². The van der Waals surface area contributed by atoms with Gasteiger partial charge in [-0.3, -0.25) is 9.78 Å². The third-order valence-corrected chi connectivity index (χ3v) is 2.55. The maximum atomic E-state index is 12.2. The van der Waals surface area contributed by atoms with Crippen LogP contribution in [0.4, 0.5) is 11.4 Å². The third kappa shape index (κ3) is 2.10. The number of nitrogen functional groups attached to an aromatic ring is 2. The predicted molar refractivity (Wildman–Crippen MR) is 67.7 cm³/mol. The molecule has 2 aromatic rings. The summed E-state index contributed by atoms with van der Waals surface area (Å²) in [5.41, 5.74) is 14.2. The van der Waals surface area contributed by atoms with Crippen LogP contribution in [-0.2, 0) is 0 Å². The Bertz CT molecular complexity index is 579. The average Bonchev–Trinajstić information content (AvgIpc) is 2.32. The van der Waals surface area contributed by atoms with Gasteiger partial charge in [-0.15, -0.1) is 0 Å². The molecule has 0 bridgehead atoms. The second kappa shape index (κ2) is 4.25. The van der Waals surface area contributed by atoms with Crippen LogP contribution in [0.3, 0.4) is 0 Å². The smallest absolute Gasteiger partial charge is 0.198 e. The van der Waals surface area contributed by atoms with E-state index in [1.807, 2.05) is 13.0 Å². The highest BCUT2D eigenvalue weighted by Crippen LogP contribution is 2.20. The van der Waals surface area contributed by atoms with Crippen LogP contribution in [0, 0.1) is 6.92 Å². The van der Waals surface area contributed by atoms with Crippen LogP contribution in [0.25, 0.3) is 0 Å². The van der Waals surface area contributed by atoms with E-state index in [1.165, 1.54) is 6.20 Å². The number of rotatable bonds is 2. The zero-order valence-corrected chi connectivity index (χ0v) is 9.47. The molecule has 4 nitrogen and oxygen atoms in total. The lowest BCUT2D eigenvalue weighted by atomic mass is 10.0. The van der Waals surface area contributed by atoms with Crippen molar-refractivity contribution in [3.8, 4) is 0 Å². The summed E-state index contributed by atoms with van der Waals surface area (Å²) >= 11 is 0. The fourth-order valence-electron chi connectivity index (χ4n) is 1.61. The van der Waals surface area contributed by atoms with Crippen molar-refractivity contribution in [2.24, 2.45) is 0 Å². The van der Waals surface area contributed by atoms with Gasteiger partial charge in [0.1, 0.15) is 0 Å². The van der Waals surface area contributed by atoms with Crippen LogP contribution in [0.15, 0.2) is 36.7 Å². The van der Waals surface area contributed by atoms with Gasteiger partial charge < -0.3 is 11.5 Å². The third-order valence-electron chi connectivity index (χ3n) is 2.55. The molecule has 0 spiro atoms. The molecule has 0 unspecified atom stereocenters. The molecule has 4 N–H and O–H groups in total. The van der Waals surface area contributed by atoms with E-state index in [4.69, 9.17) is 11.5 Å². The van der Waals surface area contributed by atoms with E-state index in [0.29, 0.717) is 22.5 Å². The molecule has 0 atom stereocenters. The predicted octanol–water partition coefficient (Wildman–Crippen LogP) is 1.79. The van der Waals surface area contributed by atoms with Crippen LogP contribution in [-0.4, -0.2) is 10.8 Å². The lowest BCUT2D eigenvalue weighted by molar-refractivity contribution is 0.104. The van der Waals surface area contributed by atoms with Crippen LogP contribution in [0.1, 0.15) is 21.5 Å². The van der Waals surface area contributed by atoms with Crippen molar-refractivity contribution < 1.29 is 4.79 Å². The lowest BCUT2D eigenvalue weighted by Gasteiger charge is -2.07.